The topological polar surface area (TPSA) is 68.5 Å². The summed E-state index contributed by atoms with van der Waals surface area (Å²) in [6.07, 6.45) is 4.30. The van der Waals surface area contributed by atoms with Gasteiger partial charge in [0.2, 0.25) is 0 Å². The molecule has 0 aliphatic rings. The van der Waals surface area contributed by atoms with Gasteiger partial charge in [-0.2, -0.15) is 0 Å². The van der Waals surface area contributed by atoms with Gasteiger partial charge in [-0.05, 0) is 49.1 Å². The Morgan fingerprint density at radius 3 is 2.64 bits per heavy atom. The van der Waals surface area contributed by atoms with Gasteiger partial charge in [-0.15, -0.1) is 0 Å². The van der Waals surface area contributed by atoms with Gasteiger partial charge in [0.25, 0.3) is 5.91 Å². The summed E-state index contributed by atoms with van der Waals surface area (Å²) in [7, 11) is 0. The van der Waals surface area contributed by atoms with Crippen LogP contribution in [0.5, 0.6) is 0 Å². The molecular weight excluding hydrogens is 318 g/mol. The molecule has 1 amide bonds. The van der Waals surface area contributed by atoms with Gasteiger partial charge in [-0.1, -0.05) is 32.0 Å². The van der Waals surface area contributed by atoms with Crippen LogP contribution < -0.4 is 5.32 Å². The van der Waals surface area contributed by atoms with E-state index in [4.69, 9.17) is 9.15 Å². The van der Waals surface area contributed by atoms with E-state index >= 15 is 0 Å². The maximum atomic E-state index is 12.3. The summed E-state index contributed by atoms with van der Waals surface area (Å²) in [4.78, 5) is 24.1. The molecule has 0 aliphatic carbocycles. The van der Waals surface area contributed by atoms with Gasteiger partial charge in [-0.25, -0.2) is 4.79 Å². The van der Waals surface area contributed by atoms with E-state index in [-0.39, 0.29) is 5.91 Å². The Kier molecular flexibility index (Phi) is 6.57. The van der Waals surface area contributed by atoms with E-state index in [0.29, 0.717) is 11.7 Å². The molecule has 132 valence electrons. The number of esters is 1. The zero-order valence-corrected chi connectivity index (χ0v) is 14.7. The molecule has 0 fully saturated rings. The van der Waals surface area contributed by atoms with E-state index in [1.807, 2.05) is 24.3 Å². The number of furan rings is 1. The van der Waals surface area contributed by atoms with Crippen molar-refractivity contribution < 1.29 is 18.7 Å². The van der Waals surface area contributed by atoms with E-state index in [1.54, 1.807) is 19.1 Å². The van der Waals surface area contributed by atoms with Gasteiger partial charge in [0.15, 0.2) is 6.10 Å². The fourth-order valence-corrected chi connectivity index (χ4v) is 2.30. The zero-order chi connectivity index (χ0) is 18.2. The smallest absolute Gasteiger partial charge is 0.331 e. The minimum Gasteiger partial charge on any atom is -0.465 e. The largest absolute Gasteiger partial charge is 0.465 e. The molecular formula is C20H23NO4. The van der Waals surface area contributed by atoms with Crippen molar-refractivity contribution in [2.45, 2.75) is 39.2 Å². The molecule has 1 heterocycles. The second-order valence-electron chi connectivity index (χ2n) is 5.81. The summed E-state index contributed by atoms with van der Waals surface area (Å²) in [5, 5.41) is 2.84. The fourth-order valence-electron chi connectivity index (χ4n) is 2.30. The number of hydrogen-bond acceptors (Lipinski definition) is 4. The Bertz CT molecular complexity index is 734. The van der Waals surface area contributed by atoms with Gasteiger partial charge in [0.05, 0.1) is 6.26 Å². The normalized spacial score (nSPS) is 13.4. The van der Waals surface area contributed by atoms with E-state index in [0.717, 1.165) is 17.7 Å². The van der Waals surface area contributed by atoms with Gasteiger partial charge < -0.3 is 14.5 Å². The van der Waals surface area contributed by atoms with Crippen molar-refractivity contribution in [3.05, 3.63) is 60.1 Å². The van der Waals surface area contributed by atoms with Crippen LogP contribution in [0.2, 0.25) is 0 Å². The Morgan fingerprint density at radius 2 is 1.96 bits per heavy atom. The van der Waals surface area contributed by atoms with Crippen molar-refractivity contribution in [2.75, 3.05) is 5.32 Å². The third-order valence-electron chi connectivity index (χ3n) is 3.95. The predicted molar refractivity (Wildman–Crippen MR) is 97.1 cm³/mol. The second-order valence-corrected chi connectivity index (χ2v) is 5.81. The van der Waals surface area contributed by atoms with E-state index < -0.39 is 12.1 Å². The molecule has 0 unspecified atom stereocenters. The molecule has 0 saturated heterocycles. The Labute approximate surface area is 147 Å². The zero-order valence-electron chi connectivity index (χ0n) is 14.7. The molecule has 2 aromatic rings. The number of amides is 1. The number of ether oxygens (including phenoxy) is 1. The van der Waals surface area contributed by atoms with Crippen LogP contribution >= 0.6 is 0 Å². The third kappa shape index (κ3) is 5.35. The summed E-state index contributed by atoms with van der Waals surface area (Å²) in [6, 6.07) is 11.1. The molecule has 0 spiro atoms. The van der Waals surface area contributed by atoms with Crippen LogP contribution in [0.4, 0.5) is 5.69 Å². The molecule has 1 aromatic carbocycles. The second kappa shape index (κ2) is 8.87. The molecule has 2 atom stereocenters. The molecule has 2 rings (SSSR count). The molecule has 0 aliphatic heterocycles. The quantitative estimate of drug-likeness (QED) is 0.599. The molecule has 1 N–H and O–H groups in total. The molecule has 5 nitrogen and oxygen atoms in total. The summed E-state index contributed by atoms with van der Waals surface area (Å²) in [6.45, 7) is 5.74. The van der Waals surface area contributed by atoms with Crippen LogP contribution in [0.25, 0.3) is 6.08 Å². The van der Waals surface area contributed by atoms with E-state index in [9.17, 15) is 9.59 Å². The predicted octanol–water partition coefficient (Wildman–Crippen LogP) is 4.38. The van der Waals surface area contributed by atoms with Crippen LogP contribution in [0.3, 0.4) is 0 Å². The standard InChI is InChI=1S/C20H23NO4/c1-4-14(2)17-9-5-6-10-18(17)21-20(23)15(3)25-19(22)12-11-16-8-7-13-24-16/h5-15H,4H2,1-3H3,(H,21,23)/b12-11+/t14-,15-/m1/s1. The average Bonchev–Trinajstić information content (AvgIpc) is 3.13. The van der Waals surface area contributed by atoms with Crippen LogP contribution in [0, 0.1) is 0 Å². The minimum absolute atomic E-state index is 0.325. The number of carbonyl (C=O) groups excluding carboxylic acids is 2. The number of anilines is 1. The molecule has 1 aromatic heterocycles. The Morgan fingerprint density at radius 1 is 1.20 bits per heavy atom. The Balaban J connectivity index is 1.95. The molecule has 5 heteroatoms. The number of carbonyl (C=O) groups is 2. The lowest BCUT2D eigenvalue weighted by Gasteiger charge is -2.17. The lowest BCUT2D eigenvalue weighted by molar-refractivity contribution is -0.148. The minimum atomic E-state index is -0.904. The first kappa shape index (κ1) is 18.5. The van der Waals surface area contributed by atoms with E-state index in [1.165, 1.54) is 18.4 Å². The lowest BCUT2D eigenvalue weighted by atomic mass is 9.97. The fraction of sp³-hybridized carbons (Fsp3) is 0.300. The first-order chi connectivity index (χ1) is 12.0. The highest BCUT2D eigenvalue weighted by Gasteiger charge is 2.18. The van der Waals surface area contributed by atoms with Crippen LogP contribution in [-0.2, 0) is 14.3 Å². The van der Waals surface area contributed by atoms with Crippen molar-refractivity contribution >= 4 is 23.6 Å². The molecule has 25 heavy (non-hydrogen) atoms. The Hall–Kier alpha value is -2.82. The monoisotopic (exact) mass is 341 g/mol. The van der Waals surface area contributed by atoms with Gasteiger partial charge in [-0.3, -0.25) is 4.79 Å². The number of rotatable bonds is 7. The highest BCUT2D eigenvalue weighted by atomic mass is 16.5. The highest BCUT2D eigenvalue weighted by molar-refractivity contribution is 5.97. The summed E-state index contributed by atoms with van der Waals surface area (Å²) in [5.41, 5.74) is 1.81. The first-order valence-corrected chi connectivity index (χ1v) is 8.33. The van der Waals surface area contributed by atoms with Gasteiger partial charge in [0, 0.05) is 11.8 Å². The summed E-state index contributed by atoms with van der Waals surface area (Å²) >= 11 is 0. The van der Waals surface area contributed by atoms with Crippen LogP contribution in [0.1, 0.15) is 44.4 Å². The number of hydrogen-bond donors (Lipinski definition) is 1. The maximum Gasteiger partial charge on any atom is 0.331 e. The van der Waals surface area contributed by atoms with Crippen molar-refractivity contribution in [3.8, 4) is 0 Å². The number of nitrogens with one attached hydrogen (secondary N) is 1. The SMILES string of the molecule is CC[C@@H](C)c1ccccc1NC(=O)[C@@H](C)OC(=O)/C=C/c1ccco1. The van der Waals surface area contributed by atoms with Gasteiger partial charge >= 0.3 is 5.97 Å². The number of para-hydroxylation sites is 1. The van der Waals surface area contributed by atoms with Gasteiger partial charge in [0.1, 0.15) is 5.76 Å². The van der Waals surface area contributed by atoms with Crippen molar-refractivity contribution in [1.29, 1.82) is 0 Å². The van der Waals surface area contributed by atoms with E-state index in [2.05, 4.69) is 19.2 Å². The maximum absolute atomic E-state index is 12.3. The average molecular weight is 341 g/mol. The van der Waals surface area contributed by atoms with Crippen molar-refractivity contribution in [1.82, 2.24) is 0 Å². The molecule has 0 saturated carbocycles. The van der Waals surface area contributed by atoms with Crippen LogP contribution in [-0.4, -0.2) is 18.0 Å². The summed E-state index contributed by atoms with van der Waals surface area (Å²) < 4.78 is 10.2. The molecule has 0 radical (unpaired) electrons. The van der Waals surface area contributed by atoms with Crippen molar-refractivity contribution in [3.63, 3.8) is 0 Å². The summed E-state index contributed by atoms with van der Waals surface area (Å²) in [5.74, 6) is -0.105. The number of benzene rings is 1. The first-order valence-electron chi connectivity index (χ1n) is 8.33. The molecule has 0 bridgehead atoms. The lowest BCUT2D eigenvalue weighted by Crippen LogP contribution is -2.29. The van der Waals surface area contributed by atoms with Crippen molar-refractivity contribution in [2.24, 2.45) is 0 Å². The third-order valence-corrected chi connectivity index (χ3v) is 3.95. The highest BCUT2D eigenvalue weighted by Crippen LogP contribution is 2.26. The van der Waals surface area contributed by atoms with Crippen LogP contribution in [0.15, 0.2) is 53.2 Å².